The van der Waals surface area contributed by atoms with E-state index in [0.717, 1.165) is 15.5 Å². The maximum Gasteiger partial charge on any atom is 0.287 e. The van der Waals surface area contributed by atoms with Crippen molar-refractivity contribution in [2.45, 2.75) is 49.6 Å². The summed E-state index contributed by atoms with van der Waals surface area (Å²) in [5.74, 6) is -0.814. The summed E-state index contributed by atoms with van der Waals surface area (Å²) in [4.78, 5) is 42.3. The van der Waals surface area contributed by atoms with Gasteiger partial charge in [-0.1, -0.05) is 37.7 Å². The molecule has 0 fully saturated rings. The molecule has 1 aliphatic heterocycles. The van der Waals surface area contributed by atoms with Crippen molar-refractivity contribution in [1.29, 1.82) is 0 Å². The zero-order chi connectivity index (χ0) is 24.4. The number of benzene rings is 2. The second kappa shape index (κ2) is 9.77. The number of hydrogen-bond acceptors (Lipinski definition) is 5. The van der Waals surface area contributed by atoms with E-state index in [9.17, 15) is 14.4 Å². The van der Waals surface area contributed by atoms with Gasteiger partial charge in [0.25, 0.3) is 11.8 Å². The highest BCUT2D eigenvalue weighted by Gasteiger charge is 2.30. The summed E-state index contributed by atoms with van der Waals surface area (Å²) in [5, 5.41) is 5.67. The van der Waals surface area contributed by atoms with E-state index in [1.165, 1.54) is 18.0 Å². The Morgan fingerprint density at radius 3 is 2.41 bits per heavy atom. The molecular weight excluding hydrogens is 450 g/mol. The fourth-order valence-electron chi connectivity index (χ4n) is 3.85. The third-order valence-electron chi connectivity index (χ3n) is 5.54. The second-order valence-corrected chi connectivity index (χ2v) is 9.80. The largest absolute Gasteiger partial charge is 0.459 e. The Hall–Kier alpha value is -3.52. The summed E-state index contributed by atoms with van der Waals surface area (Å²) >= 11 is 1.50. The van der Waals surface area contributed by atoms with Crippen LogP contribution in [0.25, 0.3) is 0 Å². The van der Waals surface area contributed by atoms with Crippen LogP contribution in [-0.4, -0.2) is 29.8 Å². The highest BCUT2D eigenvalue weighted by Crippen LogP contribution is 2.43. The molecule has 2 N–H and O–H groups in total. The van der Waals surface area contributed by atoms with Crippen molar-refractivity contribution in [3.8, 4) is 0 Å². The number of nitrogens with zero attached hydrogens (tertiary/aromatic N) is 1. The molecular formula is C26H27N3O4S. The maximum atomic E-state index is 13.3. The molecule has 0 saturated heterocycles. The predicted octanol–water partition coefficient (Wildman–Crippen LogP) is 5.19. The third kappa shape index (κ3) is 4.72. The van der Waals surface area contributed by atoms with Gasteiger partial charge in [0.2, 0.25) is 5.91 Å². The molecule has 0 radical (unpaired) electrons. The molecule has 176 valence electrons. The standard InChI is InChI=1S/C26H27N3O4S/c1-15(2)23(28-24(30)20-9-7-13-33-20)25(31)27-17-11-12-19-22(14-17)34-21-10-6-5-8-18(21)26(32)29(19)16(3)4/h5-16,23H,1-4H3,(H,27,31)(H,28,30)/t23-/m0/s1. The van der Waals surface area contributed by atoms with E-state index in [-0.39, 0.29) is 29.5 Å². The number of rotatable bonds is 6. The minimum Gasteiger partial charge on any atom is -0.459 e. The summed E-state index contributed by atoms with van der Waals surface area (Å²) in [6.07, 6.45) is 1.41. The lowest BCUT2D eigenvalue weighted by Gasteiger charge is -2.27. The van der Waals surface area contributed by atoms with E-state index >= 15 is 0 Å². The Morgan fingerprint density at radius 1 is 0.971 bits per heavy atom. The molecule has 0 spiro atoms. The van der Waals surface area contributed by atoms with Crippen LogP contribution in [0.1, 0.15) is 48.6 Å². The van der Waals surface area contributed by atoms with E-state index in [2.05, 4.69) is 10.6 Å². The molecule has 1 atom stereocenters. The molecule has 2 aromatic carbocycles. The molecule has 3 aromatic rings. The van der Waals surface area contributed by atoms with Crippen molar-refractivity contribution < 1.29 is 18.8 Å². The van der Waals surface area contributed by atoms with Gasteiger partial charge in [-0.2, -0.15) is 0 Å². The van der Waals surface area contributed by atoms with Gasteiger partial charge in [0.15, 0.2) is 5.76 Å². The second-order valence-electron chi connectivity index (χ2n) is 8.71. The number of amides is 3. The van der Waals surface area contributed by atoms with Gasteiger partial charge in [-0.3, -0.25) is 14.4 Å². The zero-order valence-corrected chi connectivity index (χ0v) is 20.3. The number of nitrogens with one attached hydrogen (secondary N) is 2. The zero-order valence-electron chi connectivity index (χ0n) is 19.5. The molecule has 0 bridgehead atoms. The van der Waals surface area contributed by atoms with Gasteiger partial charge < -0.3 is 20.0 Å². The quantitative estimate of drug-likeness (QED) is 0.510. The predicted molar refractivity (Wildman–Crippen MR) is 132 cm³/mol. The minimum atomic E-state index is -0.751. The SMILES string of the molecule is CC(C)[C@H](NC(=O)c1ccco1)C(=O)Nc1ccc2c(c1)Sc1ccccc1C(=O)N2C(C)C. The van der Waals surface area contributed by atoms with Crippen molar-refractivity contribution in [1.82, 2.24) is 5.32 Å². The van der Waals surface area contributed by atoms with Crippen LogP contribution < -0.4 is 15.5 Å². The lowest BCUT2D eigenvalue weighted by molar-refractivity contribution is -0.118. The summed E-state index contributed by atoms with van der Waals surface area (Å²) in [7, 11) is 0. The Bertz CT molecular complexity index is 1220. The van der Waals surface area contributed by atoms with Crippen LogP contribution in [0, 0.1) is 5.92 Å². The molecule has 4 rings (SSSR count). The van der Waals surface area contributed by atoms with Crippen molar-refractivity contribution >= 4 is 40.9 Å². The monoisotopic (exact) mass is 477 g/mol. The number of hydrogen-bond donors (Lipinski definition) is 2. The van der Waals surface area contributed by atoms with Gasteiger partial charge >= 0.3 is 0 Å². The number of anilines is 2. The van der Waals surface area contributed by atoms with Crippen molar-refractivity contribution in [2.24, 2.45) is 5.92 Å². The smallest absolute Gasteiger partial charge is 0.287 e. The van der Waals surface area contributed by atoms with Gasteiger partial charge in [-0.25, -0.2) is 0 Å². The average Bonchev–Trinajstić information content (AvgIpc) is 3.30. The molecule has 0 saturated carbocycles. The van der Waals surface area contributed by atoms with Crippen molar-refractivity contribution in [3.05, 3.63) is 72.2 Å². The Morgan fingerprint density at radius 2 is 1.74 bits per heavy atom. The fraction of sp³-hybridized carbons (Fsp3) is 0.269. The lowest BCUT2D eigenvalue weighted by Crippen LogP contribution is -2.47. The Balaban J connectivity index is 1.61. The highest BCUT2D eigenvalue weighted by molar-refractivity contribution is 7.99. The molecule has 8 heteroatoms. The molecule has 1 aromatic heterocycles. The van der Waals surface area contributed by atoms with Crippen molar-refractivity contribution in [2.75, 3.05) is 10.2 Å². The minimum absolute atomic E-state index is 0.0411. The van der Waals surface area contributed by atoms with Crippen LogP contribution in [0.15, 0.2) is 75.1 Å². The maximum absolute atomic E-state index is 13.3. The van der Waals surface area contributed by atoms with Crippen LogP contribution in [0.4, 0.5) is 11.4 Å². The van der Waals surface area contributed by atoms with Gasteiger partial charge in [0.05, 0.1) is 17.5 Å². The van der Waals surface area contributed by atoms with Crippen molar-refractivity contribution in [3.63, 3.8) is 0 Å². The van der Waals surface area contributed by atoms with E-state index in [1.54, 1.807) is 23.1 Å². The third-order valence-corrected chi connectivity index (χ3v) is 6.66. The average molecular weight is 478 g/mol. The van der Waals surface area contributed by atoms with Crippen LogP contribution in [0.3, 0.4) is 0 Å². The fourth-order valence-corrected chi connectivity index (χ4v) is 4.96. The number of carbonyl (C=O) groups excluding carboxylic acids is 3. The summed E-state index contributed by atoms with van der Waals surface area (Å²) in [6.45, 7) is 7.68. The van der Waals surface area contributed by atoms with Crippen LogP contribution in [0.5, 0.6) is 0 Å². The number of carbonyl (C=O) groups is 3. The van der Waals surface area contributed by atoms with E-state index in [1.807, 2.05) is 64.1 Å². The van der Waals surface area contributed by atoms with Gasteiger partial charge in [-0.05, 0) is 62.2 Å². The lowest BCUT2D eigenvalue weighted by atomic mass is 10.0. The molecule has 0 aliphatic carbocycles. The van der Waals surface area contributed by atoms with Crippen LogP contribution in [0.2, 0.25) is 0 Å². The first-order valence-corrected chi connectivity index (χ1v) is 12.0. The van der Waals surface area contributed by atoms with Crippen LogP contribution in [-0.2, 0) is 4.79 Å². The number of fused-ring (bicyclic) bond motifs is 2. The normalized spacial score (nSPS) is 13.8. The molecule has 34 heavy (non-hydrogen) atoms. The summed E-state index contributed by atoms with van der Waals surface area (Å²) in [5.41, 5.74) is 2.04. The number of furan rings is 1. The Labute approximate surface area is 202 Å². The summed E-state index contributed by atoms with van der Waals surface area (Å²) in [6, 6.07) is 15.4. The first-order valence-electron chi connectivity index (χ1n) is 11.2. The van der Waals surface area contributed by atoms with E-state index < -0.39 is 11.9 Å². The Kier molecular flexibility index (Phi) is 6.79. The summed E-state index contributed by atoms with van der Waals surface area (Å²) < 4.78 is 5.14. The first kappa shape index (κ1) is 23.6. The molecule has 3 amide bonds. The molecule has 1 aliphatic rings. The van der Waals surface area contributed by atoms with Gasteiger partial charge in [-0.15, -0.1) is 0 Å². The molecule has 2 heterocycles. The van der Waals surface area contributed by atoms with Crippen LogP contribution >= 0.6 is 11.8 Å². The van der Waals surface area contributed by atoms with Gasteiger partial charge in [0, 0.05) is 21.5 Å². The van der Waals surface area contributed by atoms with E-state index in [0.29, 0.717) is 11.3 Å². The topological polar surface area (TPSA) is 91.6 Å². The van der Waals surface area contributed by atoms with E-state index in [4.69, 9.17) is 4.42 Å². The molecule has 7 nitrogen and oxygen atoms in total. The highest BCUT2D eigenvalue weighted by atomic mass is 32.2. The first-order chi connectivity index (χ1) is 16.3. The van der Waals surface area contributed by atoms with Gasteiger partial charge in [0.1, 0.15) is 6.04 Å². The molecule has 0 unspecified atom stereocenters.